The van der Waals surface area contributed by atoms with Gasteiger partial charge in [-0.05, 0) is 50.9 Å². The standard InChI is InChI=1S/C21H35N5O3.ClH/c1-14(2)19-11-17(27)12-21(29-19)7-9-25(10-8-21)20(28)18-13-26(24-23-18)16-5-3-15(22)4-6-16;/h13-17,19,27H,3-12,22H2,1-2H3;1H/t15?,16?,17-,19-;/m1./s1. The summed E-state index contributed by atoms with van der Waals surface area (Å²) in [4.78, 5) is 14.8. The van der Waals surface area contributed by atoms with Gasteiger partial charge >= 0.3 is 0 Å². The van der Waals surface area contributed by atoms with Crippen LogP contribution >= 0.6 is 12.4 Å². The zero-order valence-corrected chi connectivity index (χ0v) is 18.9. The summed E-state index contributed by atoms with van der Waals surface area (Å²) in [5, 5.41) is 18.7. The van der Waals surface area contributed by atoms with E-state index in [0.29, 0.717) is 43.6 Å². The third kappa shape index (κ3) is 4.98. The first-order chi connectivity index (χ1) is 13.8. The highest BCUT2D eigenvalue weighted by molar-refractivity contribution is 5.92. The summed E-state index contributed by atoms with van der Waals surface area (Å²) < 4.78 is 8.28. The van der Waals surface area contributed by atoms with Crippen molar-refractivity contribution in [1.82, 2.24) is 19.9 Å². The van der Waals surface area contributed by atoms with Gasteiger partial charge < -0.3 is 20.5 Å². The molecule has 2 atom stereocenters. The van der Waals surface area contributed by atoms with E-state index in [4.69, 9.17) is 10.5 Å². The molecule has 30 heavy (non-hydrogen) atoms. The average Bonchev–Trinajstić information content (AvgIpc) is 3.18. The Morgan fingerprint density at radius 2 is 1.93 bits per heavy atom. The molecule has 1 saturated carbocycles. The largest absolute Gasteiger partial charge is 0.393 e. The number of nitrogens with two attached hydrogens (primary N) is 1. The maximum Gasteiger partial charge on any atom is 0.276 e. The van der Waals surface area contributed by atoms with Crippen LogP contribution in [0.1, 0.15) is 81.7 Å². The van der Waals surface area contributed by atoms with Gasteiger partial charge in [0.05, 0.1) is 30.0 Å². The van der Waals surface area contributed by atoms with Crippen molar-refractivity contribution in [3.63, 3.8) is 0 Å². The Bertz CT molecular complexity index is 711. The van der Waals surface area contributed by atoms with E-state index in [1.165, 1.54) is 0 Å². The summed E-state index contributed by atoms with van der Waals surface area (Å²) >= 11 is 0. The number of piperidine rings is 1. The van der Waals surface area contributed by atoms with Crippen molar-refractivity contribution in [2.45, 2.75) is 95.1 Å². The van der Waals surface area contributed by atoms with Gasteiger partial charge in [-0.2, -0.15) is 0 Å². The number of carbonyl (C=O) groups is 1. The summed E-state index contributed by atoms with van der Waals surface area (Å²) in [7, 11) is 0. The minimum atomic E-state index is -0.318. The Balaban J connectivity index is 0.00000256. The van der Waals surface area contributed by atoms with Crippen LogP contribution in [0.5, 0.6) is 0 Å². The van der Waals surface area contributed by atoms with Crippen LogP contribution in [0.4, 0.5) is 0 Å². The number of likely N-dealkylation sites (tertiary alicyclic amines) is 1. The van der Waals surface area contributed by atoms with Crippen molar-refractivity contribution in [1.29, 1.82) is 0 Å². The fourth-order valence-electron chi connectivity index (χ4n) is 5.13. The van der Waals surface area contributed by atoms with Crippen molar-refractivity contribution in [3.05, 3.63) is 11.9 Å². The van der Waals surface area contributed by atoms with Crippen molar-refractivity contribution in [2.75, 3.05) is 13.1 Å². The number of nitrogens with zero attached hydrogens (tertiary/aromatic N) is 4. The monoisotopic (exact) mass is 441 g/mol. The fourth-order valence-corrected chi connectivity index (χ4v) is 5.13. The summed E-state index contributed by atoms with van der Waals surface area (Å²) in [5.74, 6) is 0.321. The second-order valence-electron chi connectivity index (χ2n) is 9.62. The molecule has 0 unspecified atom stereocenters. The van der Waals surface area contributed by atoms with Gasteiger partial charge in [-0.25, -0.2) is 4.68 Å². The normalized spacial score (nSPS) is 31.6. The van der Waals surface area contributed by atoms with Crippen LogP contribution in [0.25, 0.3) is 0 Å². The molecule has 1 aliphatic carbocycles. The minimum absolute atomic E-state index is 0. The molecule has 1 spiro atoms. The Morgan fingerprint density at radius 3 is 2.57 bits per heavy atom. The molecule has 0 bridgehead atoms. The van der Waals surface area contributed by atoms with Crippen molar-refractivity contribution < 1.29 is 14.6 Å². The Kier molecular flexibility index (Phi) is 7.43. The lowest BCUT2D eigenvalue weighted by atomic mass is 9.80. The lowest BCUT2D eigenvalue weighted by molar-refractivity contribution is -0.190. The van der Waals surface area contributed by atoms with Gasteiger partial charge in [0.2, 0.25) is 0 Å². The molecule has 3 N–H and O–H groups in total. The summed E-state index contributed by atoms with van der Waals surface area (Å²) in [5.41, 5.74) is 6.10. The van der Waals surface area contributed by atoms with Crippen molar-refractivity contribution in [2.24, 2.45) is 11.7 Å². The van der Waals surface area contributed by atoms with Gasteiger partial charge in [0.1, 0.15) is 0 Å². The predicted octanol–water partition coefficient (Wildman–Crippen LogP) is 2.31. The van der Waals surface area contributed by atoms with Crippen LogP contribution in [0.2, 0.25) is 0 Å². The van der Waals surface area contributed by atoms with Crippen molar-refractivity contribution in [3.8, 4) is 0 Å². The molecule has 9 heteroatoms. The number of amides is 1. The van der Waals surface area contributed by atoms with Gasteiger partial charge in [-0.1, -0.05) is 19.1 Å². The van der Waals surface area contributed by atoms with E-state index in [1.807, 2.05) is 9.58 Å². The number of aliphatic hydroxyl groups is 1. The van der Waals surface area contributed by atoms with Gasteiger partial charge in [-0.15, -0.1) is 17.5 Å². The number of hydrogen-bond acceptors (Lipinski definition) is 6. The van der Waals surface area contributed by atoms with E-state index >= 15 is 0 Å². The first kappa shape index (κ1) is 23.4. The second-order valence-corrected chi connectivity index (χ2v) is 9.62. The maximum absolute atomic E-state index is 13.0. The van der Waals surface area contributed by atoms with Gasteiger partial charge in [0, 0.05) is 25.6 Å². The molecule has 170 valence electrons. The third-order valence-electron chi connectivity index (χ3n) is 7.06. The smallest absolute Gasteiger partial charge is 0.276 e. The number of aromatic nitrogens is 3. The summed E-state index contributed by atoms with van der Waals surface area (Å²) in [6.07, 6.45) is 8.41. The number of aliphatic hydroxyl groups excluding tert-OH is 1. The Labute approximate surface area is 184 Å². The average molecular weight is 442 g/mol. The number of rotatable bonds is 3. The van der Waals surface area contributed by atoms with E-state index in [2.05, 4.69) is 24.2 Å². The molecule has 3 heterocycles. The summed E-state index contributed by atoms with van der Waals surface area (Å²) in [6, 6.07) is 0.575. The zero-order chi connectivity index (χ0) is 20.6. The maximum atomic E-state index is 13.0. The van der Waals surface area contributed by atoms with E-state index in [1.54, 1.807) is 6.20 Å². The van der Waals surface area contributed by atoms with Gasteiger partial charge in [0.25, 0.3) is 5.91 Å². The highest BCUT2D eigenvalue weighted by Crippen LogP contribution is 2.39. The van der Waals surface area contributed by atoms with Crippen LogP contribution in [0, 0.1) is 5.92 Å². The number of halogens is 1. The molecular weight excluding hydrogens is 406 g/mol. The molecule has 1 aromatic heterocycles. The van der Waals surface area contributed by atoms with E-state index in [9.17, 15) is 9.90 Å². The van der Waals surface area contributed by atoms with Crippen LogP contribution in [-0.2, 0) is 4.74 Å². The summed E-state index contributed by atoms with van der Waals surface area (Å²) in [6.45, 7) is 5.53. The Hall–Kier alpha value is -1.22. The molecule has 0 radical (unpaired) electrons. The first-order valence-corrected chi connectivity index (χ1v) is 11.2. The highest BCUT2D eigenvalue weighted by Gasteiger charge is 2.44. The van der Waals surface area contributed by atoms with Crippen LogP contribution in [0.15, 0.2) is 6.20 Å². The molecule has 1 aromatic rings. The molecule has 1 amide bonds. The quantitative estimate of drug-likeness (QED) is 0.745. The van der Waals surface area contributed by atoms with E-state index < -0.39 is 0 Å². The molecule has 2 saturated heterocycles. The van der Waals surface area contributed by atoms with Gasteiger partial charge in [0.15, 0.2) is 5.69 Å². The molecule has 2 aliphatic heterocycles. The molecular formula is C21H36ClN5O3. The second kappa shape index (κ2) is 9.51. The third-order valence-corrected chi connectivity index (χ3v) is 7.06. The predicted molar refractivity (Wildman–Crippen MR) is 116 cm³/mol. The van der Waals surface area contributed by atoms with Crippen LogP contribution in [-0.4, -0.2) is 67.8 Å². The Morgan fingerprint density at radius 1 is 1.27 bits per heavy atom. The SMILES string of the molecule is CC(C)[C@H]1C[C@@H](O)CC2(CCN(C(=O)c3cn(C4CCC(N)CC4)nn3)CC2)O1.Cl. The highest BCUT2D eigenvalue weighted by atomic mass is 35.5. The number of ether oxygens (including phenoxy) is 1. The fraction of sp³-hybridized carbons (Fsp3) is 0.857. The van der Waals surface area contributed by atoms with Crippen molar-refractivity contribution >= 4 is 18.3 Å². The molecule has 4 rings (SSSR count). The van der Waals surface area contributed by atoms with Crippen LogP contribution in [0.3, 0.4) is 0 Å². The minimum Gasteiger partial charge on any atom is -0.393 e. The molecule has 3 fully saturated rings. The lowest BCUT2D eigenvalue weighted by Gasteiger charge is -2.48. The van der Waals surface area contributed by atoms with Gasteiger partial charge in [-0.3, -0.25) is 4.79 Å². The number of carbonyl (C=O) groups excluding carboxylic acids is 1. The lowest BCUT2D eigenvalue weighted by Crippen LogP contribution is -2.54. The molecule has 3 aliphatic rings. The topological polar surface area (TPSA) is 106 Å². The molecule has 0 aromatic carbocycles. The number of hydrogen-bond donors (Lipinski definition) is 2. The molecule has 8 nitrogen and oxygen atoms in total. The zero-order valence-electron chi connectivity index (χ0n) is 18.1. The van der Waals surface area contributed by atoms with E-state index in [-0.39, 0.29) is 42.2 Å². The van der Waals surface area contributed by atoms with E-state index in [0.717, 1.165) is 38.5 Å². The first-order valence-electron chi connectivity index (χ1n) is 11.2. The van der Waals surface area contributed by atoms with Crippen LogP contribution < -0.4 is 5.73 Å².